The molecule has 1 aromatic carbocycles. The lowest BCUT2D eigenvalue weighted by Gasteiger charge is -2.15. The molecule has 0 unspecified atom stereocenters. The molecule has 4 heteroatoms. The van der Waals surface area contributed by atoms with Gasteiger partial charge < -0.3 is 10.1 Å². The number of anilines is 1. The molecule has 4 nitrogen and oxygen atoms in total. The third kappa shape index (κ3) is 4.88. The smallest absolute Gasteiger partial charge is 0.306 e. The highest BCUT2D eigenvalue weighted by Crippen LogP contribution is 2.27. The fourth-order valence-electron chi connectivity index (χ4n) is 2.72. The van der Waals surface area contributed by atoms with Crippen LogP contribution in [0.2, 0.25) is 0 Å². The Balaban J connectivity index is 1.80. The average Bonchev–Trinajstić information content (AvgIpc) is 2.91. The Labute approximate surface area is 125 Å². The standard InChI is InChI=1S/C17H23NO3/c1-12-6-5-9-15(10-12)18-17(20)13(2)21-16(19)11-14-7-3-4-8-14/h5-6,9-10,13-14H,3-4,7-8,11H2,1-2H3,(H,18,20)/t13-/m0/s1. The minimum atomic E-state index is -0.764. The van der Waals surface area contributed by atoms with Crippen molar-refractivity contribution in [3.63, 3.8) is 0 Å². The van der Waals surface area contributed by atoms with Crippen molar-refractivity contribution in [3.8, 4) is 0 Å². The van der Waals surface area contributed by atoms with Crippen LogP contribution in [0.1, 0.15) is 44.6 Å². The molecule has 0 aromatic heterocycles. The van der Waals surface area contributed by atoms with Gasteiger partial charge in [-0.2, -0.15) is 0 Å². The van der Waals surface area contributed by atoms with Crippen molar-refractivity contribution in [2.75, 3.05) is 5.32 Å². The molecule has 1 saturated carbocycles. The number of rotatable bonds is 5. The molecule has 1 atom stereocenters. The number of hydrogen-bond acceptors (Lipinski definition) is 3. The van der Waals surface area contributed by atoms with E-state index in [4.69, 9.17) is 4.74 Å². The third-order valence-electron chi connectivity index (χ3n) is 3.89. The van der Waals surface area contributed by atoms with Crippen LogP contribution in [0.3, 0.4) is 0 Å². The van der Waals surface area contributed by atoms with E-state index in [1.807, 2.05) is 31.2 Å². The molecular formula is C17H23NO3. The molecule has 0 radical (unpaired) electrons. The summed E-state index contributed by atoms with van der Waals surface area (Å²) in [5, 5.41) is 2.77. The molecule has 0 spiro atoms. The van der Waals surface area contributed by atoms with Crippen LogP contribution in [0, 0.1) is 12.8 Å². The van der Waals surface area contributed by atoms with Gasteiger partial charge in [0.05, 0.1) is 0 Å². The lowest BCUT2D eigenvalue weighted by molar-refractivity contribution is -0.154. The molecule has 0 saturated heterocycles. The van der Waals surface area contributed by atoms with Gasteiger partial charge in [0, 0.05) is 12.1 Å². The molecule has 1 fully saturated rings. The highest BCUT2D eigenvalue weighted by atomic mass is 16.5. The Morgan fingerprint density at radius 1 is 1.33 bits per heavy atom. The summed E-state index contributed by atoms with van der Waals surface area (Å²) in [5.74, 6) is -0.126. The predicted molar refractivity (Wildman–Crippen MR) is 81.9 cm³/mol. The lowest BCUT2D eigenvalue weighted by atomic mass is 10.0. The van der Waals surface area contributed by atoms with Crippen LogP contribution in [-0.4, -0.2) is 18.0 Å². The van der Waals surface area contributed by atoms with E-state index in [2.05, 4.69) is 5.32 Å². The second kappa shape index (κ2) is 7.25. The Morgan fingerprint density at radius 3 is 2.71 bits per heavy atom. The topological polar surface area (TPSA) is 55.4 Å². The SMILES string of the molecule is Cc1cccc(NC(=O)[C@H](C)OC(=O)CC2CCCC2)c1. The number of ether oxygens (including phenoxy) is 1. The van der Waals surface area contributed by atoms with E-state index in [9.17, 15) is 9.59 Å². The molecule has 1 aromatic rings. The van der Waals surface area contributed by atoms with Gasteiger partial charge in [0.1, 0.15) is 0 Å². The number of benzene rings is 1. The van der Waals surface area contributed by atoms with Gasteiger partial charge in [0.15, 0.2) is 6.10 Å². The first kappa shape index (κ1) is 15.5. The zero-order valence-corrected chi connectivity index (χ0v) is 12.7. The number of esters is 1. The quantitative estimate of drug-likeness (QED) is 0.845. The maximum Gasteiger partial charge on any atom is 0.306 e. The first-order chi connectivity index (χ1) is 10.0. The third-order valence-corrected chi connectivity index (χ3v) is 3.89. The predicted octanol–water partition coefficient (Wildman–Crippen LogP) is 3.45. The van der Waals surface area contributed by atoms with E-state index in [0.717, 1.165) is 24.1 Å². The minimum absolute atomic E-state index is 0.270. The molecule has 0 bridgehead atoms. The Morgan fingerprint density at radius 2 is 2.05 bits per heavy atom. The molecule has 1 aliphatic rings. The van der Waals surface area contributed by atoms with Gasteiger partial charge in [-0.1, -0.05) is 25.0 Å². The summed E-state index contributed by atoms with van der Waals surface area (Å²) in [7, 11) is 0. The highest BCUT2D eigenvalue weighted by Gasteiger charge is 2.23. The van der Waals surface area contributed by atoms with Crippen LogP contribution in [0.15, 0.2) is 24.3 Å². The number of nitrogens with one attached hydrogen (secondary N) is 1. The second-order valence-electron chi connectivity index (χ2n) is 5.85. The van der Waals surface area contributed by atoms with Crippen LogP contribution in [0.25, 0.3) is 0 Å². The first-order valence-electron chi connectivity index (χ1n) is 7.61. The monoisotopic (exact) mass is 289 g/mol. The van der Waals surface area contributed by atoms with Gasteiger partial charge in [0.2, 0.25) is 0 Å². The van der Waals surface area contributed by atoms with Gasteiger partial charge in [-0.05, 0) is 50.3 Å². The molecule has 2 rings (SSSR count). The van der Waals surface area contributed by atoms with Gasteiger partial charge in [-0.3, -0.25) is 9.59 Å². The van der Waals surface area contributed by atoms with Gasteiger partial charge in [-0.25, -0.2) is 0 Å². The fourth-order valence-corrected chi connectivity index (χ4v) is 2.72. The minimum Gasteiger partial charge on any atom is -0.453 e. The number of hydrogen-bond donors (Lipinski definition) is 1. The summed E-state index contributed by atoms with van der Waals surface area (Å²) in [5.41, 5.74) is 1.79. The zero-order chi connectivity index (χ0) is 15.2. The van der Waals surface area contributed by atoms with Crippen molar-refractivity contribution in [1.82, 2.24) is 0 Å². The van der Waals surface area contributed by atoms with Crippen molar-refractivity contribution in [2.24, 2.45) is 5.92 Å². The maximum absolute atomic E-state index is 12.0. The molecule has 1 N–H and O–H groups in total. The molecule has 1 aliphatic carbocycles. The van der Waals surface area contributed by atoms with Crippen molar-refractivity contribution in [1.29, 1.82) is 0 Å². The number of carbonyl (C=O) groups excluding carboxylic acids is 2. The Kier molecular flexibility index (Phi) is 5.37. The number of aryl methyl sites for hydroxylation is 1. The summed E-state index contributed by atoms with van der Waals surface area (Å²) in [6.45, 7) is 3.57. The zero-order valence-electron chi connectivity index (χ0n) is 12.7. The van der Waals surface area contributed by atoms with Crippen LogP contribution in [0.4, 0.5) is 5.69 Å². The van der Waals surface area contributed by atoms with E-state index in [-0.39, 0.29) is 11.9 Å². The van der Waals surface area contributed by atoms with Crippen LogP contribution in [0.5, 0.6) is 0 Å². The molecule has 0 aliphatic heterocycles. The normalized spacial score (nSPS) is 16.5. The van der Waals surface area contributed by atoms with Gasteiger partial charge in [-0.15, -0.1) is 0 Å². The highest BCUT2D eigenvalue weighted by molar-refractivity contribution is 5.95. The van der Waals surface area contributed by atoms with Crippen LogP contribution in [-0.2, 0) is 14.3 Å². The van der Waals surface area contributed by atoms with Crippen molar-refractivity contribution < 1.29 is 14.3 Å². The lowest BCUT2D eigenvalue weighted by Crippen LogP contribution is -2.30. The van der Waals surface area contributed by atoms with E-state index in [1.165, 1.54) is 12.8 Å². The van der Waals surface area contributed by atoms with E-state index in [1.54, 1.807) is 6.92 Å². The molecule has 1 amide bonds. The van der Waals surface area contributed by atoms with Crippen LogP contribution >= 0.6 is 0 Å². The summed E-state index contributed by atoms with van der Waals surface area (Å²) in [6, 6.07) is 7.53. The number of amides is 1. The van der Waals surface area contributed by atoms with Gasteiger partial charge >= 0.3 is 5.97 Å². The summed E-state index contributed by atoms with van der Waals surface area (Å²) in [6.07, 6.45) is 4.25. The second-order valence-corrected chi connectivity index (χ2v) is 5.85. The Bertz CT molecular complexity index is 507. The largest absolute Gasteiger partial charge is 0.453 e. The summed E-state index contributed by atoms with van der Waals surface area (Å²) < 4.78 is 5.23. The van der Waals surface area contributed by atoms with E-state index in [0.29, 0.717) is 12.3 Å². The molecule has 114 valence electrons. The van der Waals surface area contributed by atoms with Crippen molar-refractivity contribution in [3.05, 3.63) is 29.8 Å². The van der Waals surface area contributed by atoms with E-state index < -0.39 is 6.10 Å². The molecule has 0 heterocycles. The number of carbonyl (C=O) groups is 2. The van der Waals surface area contributed by atoms with Crippen molar-refractivity contribution >= 4 is 17.6 Å². The molecule has 21 heavy (non-hydrogen) atoms. The summed E-state index contributed by atoms with van der Waals surface area (Å²) in [4.78, 5) is 23.8. The Hall–Kier alpha value is -1.84. The van der Waals surface area contributed by atoms with Crippen molar-refractivity contribution in [2.45, 2.75) is 52.1 Å². The van der Waals surface area contributed by atoms with E-state index >= 15 is 0 Å². The van der Waals surface area contributed by atoms with Crippen LogP contribution < -0.4 is 5.32 Å². The average molecular weight is 289 g/mol. The summed E-state index contributed by atoms with van der Waals surface area (Å²) >= 11 is 0. The molecular weight excluding hydrogens is 266 g/mol. The van der Waals surface area contributed by atoms with Gasteiger partial charge in [0.25, 0.3) is 5.91 Å². The first-order valence-corrected chi connectivity index (χ1v) is 7.61. The maximum atomic E-state index is 12.0. The fraction of sp³-hybridized carbons (Fsp3) is 0.529.